The van der Waals surface area contributed by atoms with Crippen molar-refractivity contribution in [3.63, 3.8) is 0 Å². The summed E-state index contributed by atoms with van der Waals surface area (Å²) in [5, 5.41) is 2.66. The van der Waals surface area contributed by atoms with Crippen LogP contribution in [0.4, 0.5) is 0 Å². The van der Waals surface area contributed by atoms with Gasteiger partial charge in [0.1, 0.15) is 0 Å². The molecule has 0 nitrogen and oxygen atoms in total. The van der Waals surface area contributed by atoms with E-state index in [1.54, 1.807) is 11.1 Å². The van der Waals surface area contributed by atoms with Gasteiger partial charge in [-0.1, -0.05) is 79.2 Å². The fraction of sp³-hybridized carbons (Fsp3) is 0.308. The molecule has 1 aliphatic rings. The molecule has 0 fully saturated rings. The Labute approximate surface area is 157 Å². The molecular formula is C26H28. The highest BCUT2D eigenvalue weighted by Crippen LogP contribution is 2.33. The van der Waals surface area contributed by atoms with Crippen molar-refractivity contribution in [3.8, 4) is 0 Å². The van der Waals surface area contributed by atoms with E-state index in [0.717, 1.165) is 12.8 Å². The highest BCUT2D eigenvalue weighted by molar-refractivity contribution is 5.84. The standard InChI is InChI=1S/C26H28/c1-4-19(3)26(16-20-9-11-21-6-5-7-22(21)15-20)25-13-12-23-14-18(2)8-10-24(23)17-25/h8-15,17,26H,3-7,16H2,1-2H3. The molecule has 0 heterocycles. The summed E-state index contributed by atoms with van der Waals surface area (Å²) in [6.07, 6.45) is 5.90. The van der Waals surface area contributed by atoms with Crippen LogP contribution in [0.5, 0.6) is 0 Å². The lowest BCUT2D eigenvalue weighted by atomic mass is 9.84. The van der Waals surface area contributed by atoms with Gasteiger partial charge in [-0.15, -0.1) is 0 Å². The summed E-state index contributed by atoms with van der Waals surface area (Å²) in [6, 6.07) is 20.8. The second-order valence-electron chi connectivity index (χ2n) is 7.84. The first kappa shape index (κ1) is 17.1. The Balaban J connectivity index is 1.68. The molecule has 26 heavy (non-hydrogen) atoms. The summed E-state index contributed by atoms with van der Waals surface area (Å²) in [6.45, 7) is 8.79. The van der Waals surface area contributed by atoms with Gasteiger partial charge in [-0.2, -0.15) is 0 Å². The highest BCUT2D eigenvalue weighted by Gasteiger charge is 2.17. The van der Waals surface area contributed by atoms with Crippen LogP contribution in [0.25, 0.3) is 10.8 Å². The first-order chi connectivity index (χ1) is 12.6. The minimum Gasteiger partial charge on any atom is -0.0992 e. The number of fused-ring (bicyclic) bond motifs is 2. The average molecular weight is 341 g/mol. The number of allylic oxidation sites excluding steroid dienone is 1. The molecule has 0 radical (unpaired) electrons. The van der Waals surface area contributed by atoms with E-state index in [4.69, 9.17) is 0 Å². The monoisotopic (exact) mass is 340 g/mol. The van der Waals surface area contributed by atoms with Crippen LogP contribution in [0.15, 0.2) is 66.7 Å². The zero-order chi connectivity index (χ0) is 18.1. The molecule has 3 aromatic carbocycles. The van der Waals surface area contributed by atoms with Crippen molar-refractivity contribution >= 4 is 10.8 Å². The van der Waals surface area contributed by atoms with E-state index in [9.17, 15) is 0 Å². The normalized spacial score (nSPS) is 14.4. The van der Waals surface area contributed by atoms with Crippen LogP contribution in [-0.4, -0.2) is 0 Å². The van der Waals surface area contributed by atoms with Gasteiger partial charge in [0, 0.05) is 5.92 Å². The third-order valence-electron chi connectivity index (χ3n) is 5.97. The van der Waals surface area contributed by atoms with Gasteiger partial charge in [-0.25, -0.2) is 0 Å². The average Bonchev–Trinajstić information content (AvgIpc) is 3.13. The summed E-state index contributed by atoms with van der Waals surface area (Å²) >= 11 is 0. The van der Waals surface area contributed by atoms with E-state index in [1.807, 2.05) is 0 Å². The van der Waals surface area contributed by atoms with E-state index in [1.165, 1.54) is 52.3 Å². The molecule has 0 spiro atoms. The lowest BCUT2D eigenvalue weighted by Gasteiger charge is -2.21. The van der Waals surface area contributed by atoms with E-state index in [2.05, 4.69) is 75.0 Å². The van der Waals surface area contributed by atoms with Gasteiger partial charge in [0.05, 0.1) is 0 Å². The van der Waals surface area contributed by atoms with Crippen molar-refractivity contribution in [1.82, 2.24) is 0 Å². The van der Waals surface area contributed by atoms with Crippen LogP contribution in [0.3, 0.4) is 0 Å². The number of aryl methyl sites for hydroxylation is 3. The molecule has 1 atom stereocenters. The molecule has 0 saturated heterocycles. The Morgan fingerprint density at radius 1 is 0.923 bits per heavy atom. The largest absolute Gasteiger partial charge is 0.0992 e. The van der Waals surface area contributed by atoms with Crippen LogP contribution in [0.2, 0.25) is 0 Å². The van der Waals surface area contributed by atoms with Crippen molar-refractivity contribution < 1.29 is 0 Å². The molecular weight excluding hydrogens is 312 g/mol. The fourth-order valence-corrected chi connectivity index (χ4v) is 4.33. The molecule has 1 aliphatic carbocycles. The van der Waals surface area contributed by atoms with Crippen molar-refractivity contribution in [2.75, 3.05) is 0 Å². The second-order valence-corrected chi connectivity index (χ2v) is 7.84. The molecule has 132 valence electrons. The van der Waals surface area contributed by atoms with Crippen LogP contribution >= 0.6 is 0 Å². The predicted molar refractivity (Wildman–Crippen MR) is 113 cm³/mol. The first-order valence-corrected chi connectivity index (χ1v) is 9.92. The topological polar surface area (TPSA) is 0 Å². The smallest absolute Gasteiger partial charge is 0.00859 e. The van der Waals surface area contributed by atoms with Crippen LogP contribution in [-0.2, 0) is 19.3 Å². The van der Waals surface area contributed by atoms with Gasteiger partial charge in [-0.3, -0.25) is 0 Å². The molecule has 0 amide bonds. The van der Waals surface area contributed by atoms with E-state index < -0.39 is 0 Å². The van der Waals surface area contributed by atoms with Gasteiger partial charge >= 0.3 is 0 Å². The van der Waals surface area contributed by atoms with Crippen molar-refractivity contribution in [1.29, 1.82) is 0 Å². The lowest BCUT2D eigenvalue weighted by Crippen LogP contribution is -2.06. The third kappa shape index (κ3) is 3.33. The van der Waals surface area contributed by atoms with Crippen LogP contribution in [0, 0.1) is 6.92 Å². The minimum atomic E-state index is 0.394. The minimum absolute atomic E-state index is 0.394. The third-order valence-corrected chi connectivity index (χ3v) is 5.97. The van der Waals surface area contributed by atoms with E-state index >= 15 is 0 Å². The van der Waals surface area contributed by atoms with E-state index in [0.29, 0.717) is 5.92 Å². The van der Waals surface area contributed by atoms with Gasteiger partial charge in [0.15, 0.2) is 0 Å². The molecule has 0 N–H and O–H groups in total. The second kappa shape index (κ2) is 7.11. The first-order valence-electron chi connectivity index (χ1n) is 9.92. The molecule has 0 saturated carbocycles. The molecule has 0 heteroatoms. The number of rotatable bonds is 5. The van der Waals surface area contributed by atoms with Crippen molar-refractivity contribution in [3.05, 3.63) is 94.6 Å². The summed E-state index contributed by atoms with van der Waals surface area (Å²) in [5.41, 5.74) is 8.62. The maximum atomic E-state index is 4.41. The molecule has 0 aliphatic heterocycles. The zero-order valence-electron chi connectivity index (χ0n) is 16.0. The maximum absolute atomic E-state index is 4.41. The summed E-state index contributed by atoms with van der Waals surface area (Å²) < 4.78 is 0. The lowest BCUT2D eigenvalue weighted by molar-refractivity contribution is 0.756. The van der Waals surface area contributed by atoms with Crippen molar-refractivity contribution in [2.45, 2.75) is 51.9 Å². The molecule has 0 aromatic heterocycles. The summed E-state index contributed by atoms with van der Waals surface area (Å²) in [4.78, 5) is 0. The molecule has 0 bridgehead atoms. The Hall–Kier alpha value is -2.34. The molecule has 1 unspecified atom stereocenters. The van der Waals surface area contributed by atoms with Gasteiger partial charge in [0.2, 0.25) is 0 Å². The SMILES string of the molecule is C=C(CC)C(Cc1ccc2c(c1)CCC2)c1ccc2cc(C)ccc2c1. The molecule has 3 aromatic rings. The Bertz CT molecular complexity index is 961. The van der Waals surface area contributed by atoms with E-state index in [-0.39, 0.29) is 0 Å². The van der Waals surface area contributed by atoms with Crippen LogP contribution < -0.4 is 0 Å². The fourth-order valence-electron chi connectivity index (χ4n) is 4.33. The van der Waals surface area contributed by atoms with Crippen molar-refractivity contribution in [2.24, 2.45) is 0 Å². The zero-order valence-corrected chi connectivity index (χ0v) is 16.0. The maximum Gasteiger partial charge on any atom is 0.00859 e. The number of hydrogen-bond donors (Lipinski definition) is 0. The Morgan fingerprint density at radius 2 is 1.69 bits per heavy atom. The van der Waals surface area contributed by atoms with Gasteiger partial charge in [0.25, 0.3) is 0 Å². The van der Waals surface area contributed by atoms with Gasteiger partial charge in [-0.05, 0) is 72.1 Å². The molecule has 4 rings (SSSR count). The Kier molecular flexibility index (Phi) is 4.68. The highest BCUT2D eigenvalue weighted by atomic mass is 14.2. The predicted octanol–water partition coefficient (Wildman–Crippen LogP) is 6.93. The number of benzene rings is 3. The van der Waals surface area contributed by atoms with Crippen LogP contribution in [0.1, 0.15) is 53.5 Å². The summed E-state index contributed by atoms with van der Waals surface area (Å²) in [7, 11) is 0. The quantitative estimate of drug-likeness (QED) is 0.442. The summed E-state index contributed by atoms with van der Waals surface area (Å²) in [5.74, 6) is 0.394. The number of hydrogen-bond acceptors (Lipinski definition) is 0. The van der Waals surface area contributed by atoms with Gasteiger partial charge < -0.3 is 0 Å². The Morgan fingerprint density at radius 3 is 2.54 bits per heavy atom.